The van der Waals surface area contributed by atoms with Gasteiger partial charge in [0.05, 0.1) is 6.20 Å². The molecule has 0 aromatic carbocycles. The number of nitrogens with two attached hydrogens (primary N) is 1. The maximum Gasteiger partial charge on any atom is 0.182 e. The third-order valence-electron chi connectivity index (χ3n) is 2.70. The fourth-order valence-corrected chi connectivity index (χ4v) is 1.76. The van der Waals surface area contributed by atoms with Crippen LogP contribution in [-0.2, 0) is 6.54 Å². The van der Waals surface area contributed by atoms with Crippen molar-refractivity contribution in [3.8, 4) is 0 Å². The first-order chi connectivity index (χ1) is 8.29. The van der Waals surface area contributed by atoms with Gasteiger partial charge in [0.25, 0.3) is 0 Å². The number of unbranched alkanes of at least 4 members (excludes halogenated alkanes) is 3. The van der Waals surface area contributed by atoms with Crippen molar-refractivity contribution in [2.45, 2.75) is 52.0 Å². The molecule has 1 heterocycles. The van der Waals surface area contributed by atoms with E-state index in [1.54, 1.807) is 10.9 Å². The number of carbonyl (C=O) groups excluding carboxylic acids is 1. The van der Waals surface area contributed by atoms with Crippen LogP contribution in [0.1, 0.15) is 55.9 Å². The minimum atomic E-state index is 0.149. The Morgan fingerprint density at radius 1 is 1.35 bits per heavy atom. The molecule has 0 aliphatic heterocycles. The molecule has 0 saturated carbocycles. The molecule has 5 nitrogen and oxygen atoms in total. The van der Waals surface area contributed by atoms with Gasteiger partial charge in [0.2, 0.25) is 0 Å². The van der Waals surface area contributed by atoms with Gasteiger partial charge in [-0.15, -0.1) is 5.10 Å². The molecule has 2 N–H and O–H groups in total. The molecule has 0 aliphatic rings. The Morgan fingerprint density at radius 3 is 2.82 bits per heavy atom. The van der Waals surface area contributed by atoms with Crippen LogP contribution in [0.3, 0.4) is 0 Å². The fraction of sp³-hybridized carbons (Fsp3) is 0.750. The van der Waals surface area contributed by atoms with E-state index < -0.39 is 0 Å². The lowest BCUT2D eigenvalue weighted by Crippen LogP contribution is -2.10. The average Bonchev–Trinajstić information content (AvgIpc) is 2.77. The van der Waals surface area contributed by atoms with Gasteiger partial charge in [0.15, 0.2) is 5.78 Å². The molecule has 0 bridgehead atoms. The van der Waals surface area contributed by atoms with Crippen LogP contribution in [0.5, 0.6) is 0 Å². The van der Waals surface area contributed by atoms with Crippen LogP contribution in [0.15, 0.2) is 6.20 Å². The highest BCUT2D eigenvalue weighted by Gasteiger charge is 2.11. The largest absolute Gasteiger partial charge is 0.330 e. The van der Waals surface area contributed by atoms with Gasteiger partial charge in [-0.2, -0.15) is 0 Å². The maximum absolute atomic E-state index is 11.9. The number of Topliss-reactive ketones (excluding diaryl/α,β-unsaturated/α-hetero) is 1. The molecule has 0 saturated heterocycles. The van der Waals surface area contributed by atoms with Gasteiger partial charge in [0.1, 0.15) is 5.69 Å². The number of ketones is 1. The van der Waals surface area contributed by atoms with Gasteiger partial charge in [-0.05, 0) is 25.8 Å². The van der Waals surface area contributed by atoms with E-state index in [1.165, 1.54) is 0 Å². The molecule has 1 aromatic heterocycles. The predicted molar refractivity (Wildman–Crippen MR) is 66.8 cm³/mol. The SMILES string of the molecule is CCCn1nncc1C(=O)CCCCCCN. The number of aromatic nitrogens is 3. The number of carbonyl (C=O) groups is 1. The second-order valence-corrected chi connectivity index (χ2v) is 4.22. The zero-order chi connectivity index (χ0) is 12.5. The van der Waals surface area contributed by atoms with Gasteiger partial charge < -0.3 is 5.73 Å². The Morgan fingerprint density at radius 2 is 2.12 bits per heavy atom. The highest BCUT2D eigenvalue weighted by molar-refractivity contribution is 5.94. The van der Waals surface area contributed by atoms with Crippen molar-refractivity contribution in [3.63, 3.8) is 0 Å². The molecule has 1 rings (SSSR count). The first-order valence-electron chi connectivity index (χ1n) is 6.41. The van der Waals surface area contributed by atoms with E-state index in [2.05, 4.69) is 17.2 Å². The standard InChI is InChI=1S/C12H22N4O/c1-2-9-16-11(10-14-15-16)12(17)7-5-3-4-6-8-13/h10H,2-9,13H2,1H3. The lowest BCUT2D eigenvalue weighted by atomic mass is 10.1. The van der Waals surface area contributed by atoms with Crippen molar-refractivity contribution >= 4 is 5.78 Å². The fourth-order valence-electron chi connectivity index (χ4n) is 1.76. The highest BCUT2D eigenvalue weighted by atomic mass is 16.1. The summed E-state index contributed by atoms with van der Waals surface area (Å²) in [6.07, 6.45) is 7.26. The molecule has 1 aromatic rings. The van der Waals surface area contributed by atoms with Crippen molar-refractivity contribution in [1.29, 1.82) is 0 Å². The number of hydrogen-bond acceptors (Lipinski definition) is 4. The number of hydrogen-bond donors (Lipinski definition) is 1. The molecule has 0 unspecified atom stereocenters. The quantitative estimate of drug-likeness (QED) is 0.525. The van der Waals surface area contributed by atoms with Crippen LogP contribution in [0.25, 0.3) is 0 Å². The molecule has 0 aliphatic carbocycles. The monoisotopic (exact) mass is 238 g/mol. The smallest absolute Gasteiger partial charge is 0.182 e. The second-order valence-electron chi connectivity index (χ2n) is 4.22. The van der Waals surface area contributed by atoms with Crippen LogP contribution in [0.2, 0.25) is 0 Å². The van der Waals surface area contributed by atoms with Crippen molar-refractivity contribution in [2.75, 3.05) is 6.54 Å². The number of rotatable bonds is 9. The number of aryl methyl sites for hydroxylation is 1. The minimum Gasteiger partial charge on any atom is -0.330 e. The highest BCUT2D eigenvalue weighted by Crippen LogP contribution is 2.08. The summed E-state index contributed by atoms with van der Waals surface area (Å²) in [5.74, 6) is 0.149. The molecular weight excluding hydrogens is 216 g/mol. The lowest BCUT2D eigenvalue weighted by molar-refractivity contribution is 0.0968. The summed E-state index contributed by atoms with van der Waals surface area (Å²) in [6, 6.07) is 0. The van der Waals surface area contributed by atoms with E-state index in [9.17, 15) is 4.79 Å². The van der Waals surface area contributed by atoms with Gasteiger partial charge >= 0.3 is 0 Å². The van der Waals surface area contributed by atoms with Crippen molar-refractivity contribution in [3.05, 3.63) is 11.9 Å². The van der Waals surface area contributed by atoms with E-state index >= 15 is 0 Å². The Balaban J connectivity index is 2.33. The summed E-state index contributed by atoms with van der Waals surface area (Å²) in [6.45, 7) is 3.55. The normalized spacial score (nSPS) is 10.7. The third-order valence-corrected chi connectivity index (χ3v) is 2.70. The molecule has 0 amide bonds. The van der Waals surface area contributed by atoms with Gasteiger partial charge in [-0.1, -0.05) is 25.0 Å². The summed E-state index contributed by atoms with van der Waals surface area (Å²) in [5.41, 5.74) is 6.06. The summed E-state index contributed by atoms with van der Waals surface area (Å²) in [5, 5.41) is 7.71. The van der Waals surface area contributed by atoms with Gasteiger partial charge in [0, 0.05) is 13.0 Å². The Bertz CT molecular complexity index is 335. The minimum absolute atomic E-state index is 0.149. The van der Waals surface area contributed by atoms with E-state index in [4.69, 9.17) is 5.73 Å². The van der Waals surface area contributed by atoms with Crippen LogP contribution in [0, 0.1) is 0 Å². The number of nitrogens with zero attached hydrogens (tertiary/aromatic N) is 3. The third kappa shape index (κ3) is 4.65. The lowest BCUT2D eigenvalue weighted by Gasteiger charge is -2.03. The zero-order valence-electron chi connectivity index (χ0n) is 10.6. The van der Waals surface area contributed by atoms with E-state index in [1.807, 2.05) is 0 Å². The summed E-state index contributed by atoms with van der Waals surface area (Å²) in [4.78, 5) is 11.9. The molecular formula is C12H22N4O. The van der Waals surface area contributed by atoms with Crippen LogP contribution >= 0.6 is 0 Å². The summed E-state index contributed by atoms with van der Waals surface area (Å²) >= 11 is 0. The van der Waals surface area contributed by atoms with Crippen molar-refractivity contribution in [1.82, 2.24) is 15.0 Å². The summed E-state index contributed by atoms with van der Waals surface area (Å²) in [7, 11) is 0. The topological polar surface area (TPSA) is 73.8 Å². The van der Waals surface area contributed by atoms with Crippen molar-refractivity contribution in [2.24, 2.45) is 5.73 Å². The van der Waals surface area contributed by atoms with E-state index in [0.29, 0.717) is 12.1 Å². The first kappa shape index (κ1) is 13.8. The molecule has 0 atom stereocenters. The first-order valence-corrected chi connectivity index (χ1v) is 6.41. The summed E-state index contributed by atoms with van der Waals surface area (Å²) < 4.78 is 1.70. The molecule has 0 spiro atoms. The maximum atomic E-state index is 11.9. The average molecular weight is 238 g/mol. The van der Waals surface area contributed by atoms with E-state index in [-0.39, 0.29) is 5.78 Å². The second kappa shape index (κ2) is 7.95. The molecule has 5 heteroatoms. The van der Waals surface area contributed by atoms with Crippen molar-refractivity contribution < 1.29 is 4.79 Å². The van der Waals surface area contributed by atoms with Gasteiger partial charge in [-0.3, -0.25) is 4.79 Å². The molecule has 96 valence electrons. The van der Waals surface area contributed by atoms with Gasteiger partial charge in [-0.25, -0.2) is 4.68 Å². The molecule has 0 fully saturated rings. The predicted octanol–water partition coefficient (Wildman–Crippen LogP) is 1.78. The molecule has 17 heavy (non-hydrogen) atoms. The Labute approximate surface area is 102 Å². The van der Waals surface area contributed by atoms with Crippen LogP contribution in [0.4, 0.5) is 0 Å². The Hall–Kier alpha value is -1.23. The van der Waals surface area contributed by atoms with Crippen LogP contribution in [-0.4, -0.2) is 27.3 Å². The molecule has 0 radical (unpaired) electrons. The zero-order valence-corrected chi connectivity index (χ0v) is 10.6. The van der Waals surface area contributed by atoms with Crippen LogP contribution < -0.4 is 5.73 Å². The Kier molecular flexibility index (Phi) is 6.47. The van der Waals surface area contributed by atoms with E-state index in [0.717, 1.165) is 45.2 Å².